The van der Waals surface area contributed by atoms with Crippen LogP contribution in [0.1, 0.15) is 35.7 Å². The van der Waals surface area contributed by atoms with Crippen molar-refractivity contribution < 1.29 is 19.1 Å². The molecule has 0 aliphatic carbocycles. The van der Waals surface area contributed by atoms with E-state index in [0.717, 1.165) is 21.6 Å². The van der Waals surface area contributed by atoms with Crippen molar-refractivity contribution in [2.45, 2.75) is 20.4 Å². The van der Waals surface area contributed by atoms with Crippen molar-refractivity contribution in [3.05, 3.63) is 64.6 Å². The molecule has 0 unspecified atom stereocenters. The van der Waals surface area contributed by atoms with Gasteiger partial charge < -0.3 is 14.1 Å². The number of benzene rings is 1. The molecule has 1 amide bonds. The quantitative estimate of drug-likeness (QED) is 0.598. The zero-order chi connectivity index (χ0) is 21.3. The molecular weight excluding hydrogens is 402 g/mol. The van der Waals surface area contributed by atoms with Gasteiger partial charge in [-0.2, -0.15) is 0 Å². The fraction of sp³-hybridized carbons (Fsp3) is 0.227. The molecule has 0 bridgehead atoms. The Labute approximate surface area is 177 Å². The number of fused-ring (bicyclic) bond motifs is 1. The van der Waals surface area contributed by atoms with Crippen LogP contribution in [0, 0.1) is 0 Å². The highest BCUT2D eigenvalue weighted by Gasteiger charge is 2.32. The highest BCUT2D eigenvalue weighted by Crippen LogP contribution is 2.34. The minimum atomic E-state index is -1.09. The maximum Gasteiger partial charge on any atom is 0.371 e. The first-order chi connectivity index (χ1) is 14.5. The zero-order valence-corrected chi connectivity index (χ0v) is 17.5. The number of furan rings is 1. The molecule has 1 aliphatic rings. The molecule has 0 radical (unpaired) electrons. The first-order valence-electron chi connectivity index (χ1n) is 9.67. The van der Waals surface area contributed by atoms with Gasteiger partial charge in [-0.15, -0.1) is 0 Å². The Bertz CT molecular complexity index is 1190. The van der Waals surface area contributed by atoms with Gasteiger partial charge in [-0.3, -0.25) is 14.7 Å². The molecule has 1 N–H and O–H groups in total. The summed E-state index contributed by atoms with van der Waals surface area (Å²) in [5.41, 5.74) is 1.89. The number of aromatic nitrogens is 1. The summed E-state index contributed by atoms with van der Waals surface area (Å²) < 4.78 is 7.41. The Balaban J connectivity index is 1.72. The van der Waals surface area contributed by atoms with E-state index in [1.54, 1.807) is 11.0 Å². The molecular formula is C22H21N3O4S. The van der Waals surface area contributed by atoms with E-state index in [9.17, 15) is 9.59 Å². The predicted molar refractivity (Wildman–Crippen MR) is 118 cm³/mol. The lowest BCUT2D eigenvalue weighted by atomic mass is 10.1. The summed E-state index contributed by atoms with van der Waals surface area (Å²) in [4.78, 5) is 30.6. The number of carbonyl (C=O) groups excluding carboxylic acids is 1. The molecule has 4 rings (SSSR count). The van der Waals surface area contributed by atoms with Crippen molar-refractivity contribution in [3.8, 4) is 0 Å². The Morgan fingerprint density at radius 2 is 2.03 bits per heavy atom. The van der Waals surface area contributed by atoms with E-state index in [1.807, 2.05) is 55.0 Å². The average Bonchev–Trinajstić information content (AvgIpc) is 3.41. The fourth-order valence-corrected chi connectivity index (χ4v) is 4.54. The molecule has 0 spiro atoms. The minimum absolute atomic E-state index is 0.0383. The van der Waals surface area contributed by atoms with Crippen molar-refractivity contribution in [1.82, 2.24) is 9.47 Å². The van der Waals surface area contributed by atoms with Crippen molar-refractivity contribution in [2.75, 3.05) is 13.1 Å². The van der Waals surface area contributed by atoms with Gasteiger partial charge in [0.05, 0.1) is 11.4 Å². The maximum atomic E-state index is 12.8. The lowest BCUT2D eigenvalue weighted by Gasteiger charge is -2.11. The van der Waals surface area contributed by atoms with E-state index in [4.69, 9.17) is 9.52 Å². The molecule has 8 heteroatoms. The van der Waals surface area contributed by atoms with Gasteiger partial charge in [0.2, 0.25) is 5.76 Å². The van der Waals surface area contributed by atoms with Gasteiger partial charge in [0, 0.05) is 35.8 Å². The number of carbonyl (C=O) groups is 2. The molecule has 30 heavy (non-hydrogen) atoms. The third-order valence-electron chi connectivity index (χ3n) is 4.80. The van der Waals surface area contributed by atoms with Crippen LogP contribution in [0.15, 0.2) is 56.9 Å². The summed E-state index contributed by atoms with van der Waals surface area (Å²) in [6, 6.07) is 11.0. The van der Waals surface area contributed by atoms with Crippen LogP contribution in [-0.2, 0) is 11.3 Å². The lowest BCUT2D eigenvalue weighted by Crippen LogP contribution is -2.28. The molecule has 1 aromatic carbocycles. The third kappa shape index (κ3) is 3.66. The van der Waals surface area contributed by atoms with Gasteiger partial charge in [0.15, 0.2) is 5.17 Å². The number of amides is 1. The number of rotatable bonds is 6. The summed E-state index contributed by atoms with van der Waals surface area (Å²) in [5, 5.41) is 10.8. The van der Waals surface area contributed by atoms with E-state index in [1.165, 1.54) is 17.8 Å². The number of aliphatic imine (C=N–C) groups is 1. The summed E-state index contributed by atoms with van der Waals surface area (Å²) in [6.07, 6.45) is 3.86. The Hall–Kier alpha value is -3.26. The minimum Gasteiger partial charge on any atom is -0.475 e. The number of amidine groups is 1. The largest absolute Gasteiger partial charge is 0.475 e. The molecule has 1 aliphatic heterocycles. The zero-order valence-electron chi connectivity index (χ0n) is 16.7. The van der Waals surface area contributed by atoms with Crippen LogP contribution in [-0.4, -0.2) is 44.7 Å². The number of aromatic carboxylic acids is 1. The van der Waals surface area contributed by atoms with Gasteiger partial charge in [0.1, 0.15) is 5.76 Å². The highest BCUT2D eigenvalue weighted by atomic mass is 32.2. The van der Waals surface area contributed by atoms with Crippen molar-refractivity contribution >= 4 is 45.8 Å². The molecule has 0 atom stereocenters. The SMILES string of the molecule is CCN=C1SC(=Cc2cn(Cc3ccc(C(=O)O)o3)c3ccccc23)C(=O)N1CC. The molecule has 1 saturated heterocycles. The normalized spacial score (nSPS) is 17.0. The van der Waals surface area contributed by atoms with Gasteiger partial charge >= 0.3 is 5.97 Å². The van der Waals surface area contributed by atoms with Gasteiger partial charge in [-0.1, -0.05) is 18.2 Å². The van der Waals surface area contributed by atoms with E-state index in [2.05, 4.69) is 4.99 Å². The first-order valence-corrected chi connectivity index (χ1v) is 10.5. The second-order valence-corrected chi connectivity index (χ2v) is 7.73. The highest BCUT2D eigenvalue weighted by molar-refractivity contribution is 8.18. The predicted octanol–water partition coefficient (Wildman–Crippen LogP) is 4.29. The van der Waals surface area contributed by atoms with Crippen molar-refractivity contribution in [2.24, 2.45) is 4.99 Å². The van der Waals surface area contributed by atoms with Crippen molar-refractivity contribution in [1.29, 1.82) is 0 Å². The molecule has 154 valence electrons. The molecule has 2 aromatic heterocycles. The van der Waals surface area contributed by atoms with Crippen LogP contribution >= 0.6 is 11.8 Å². The smallest absolute Gasteiger partial charge is 0.371 e. The summed E-state index contributed by atoms with van der Waals surface area (Å²) in [5.74, 6) is -0.665. The summed E-state index contributed by atoms with van der Waals surface area (Å²) in [7, 11) is 0. The average molecular weight is 423 g/mol. The van der Waals surface area contributed by atoms with Gasteiger partial charge in [-0.25, -0.2) is 4.79 Å². The Kier molecular flexibility index (Phi) is 5.50. The van der Waals surface area contributed by atoms with E-state index in [0.29, 0.717) is 30.3 Å². The van der Waals surface area contributed by atoms with Crippen LogP contribution in [0.3, 0.4) is 0 Å². The summed E-state index contributed by atoms with van der Waals surface area (Å²) >= 11 is 1.39. The fourth-order valence-electron chi connectivity index (χ4n) is 3.45. The van der Waals surface area contributed by atoms with Gasteiger partial charge in [0.25, 0.3) is 5.91 Å². The van der Waals surface area contributed by atoms with E-state index in [-0.39, 0.29) is 11.7 Å². The van der Waals surface area contributed by atoms with Crippen LogP contribution < -0.4 is 0 Å². The number of hydrogen-bond donors (Lipinski definition) is 1. The Morgan fingerprint density at radius 3 is 2.73 bits per heavy atom. The molecule has 7 nitrogen and oxygen atoms in total. The molecule has 3 aromatic rings. The number of carboxylic acid groups (broad SMARTS) is 1. The second-order valence-electron chi connectivity index (χ2n) is 6.72. The lowest BCUT2D eigenvalue weighted by molar-refractivity contribution is -0.122. The number of para-hydroxylation sites is 1. The third-order valence-corrected chi connectivity index (χ3v) is 5.85. The molecule has 0 saturated carbocycles. The van der Waals surface area contributed by atoms with Crippen molar-refractivity contribution in [3.63, 3.8) is 0 Å². The van der Waals surface area contributed by atoms with E-state index >= 15 is 0 Å². The number of likely N-dealkylation sites (N-methyl/N-ethyl adjacent to an activating group) is 1. The number of thioether (sulfide) groups is 1. The van der Waals surface area contributed by atoms with Crippen LogP contribution in [0.4, 0.5) is 0 Å². The summed E-state index contributed by atoms with van der Waals surface area (Å²) in [6.45, 7) is 5.48. The topological polar surface area (TPSA) is 88.0 Å². The van der Waals surface area contributed by atoms with Gasteiger partial charge in [-0.05, 0) is 49.9 Å². The number of carboxylic acids is 1. The monoisotopic (exact) mass is 423 g/mol. The van der Waals surface area contributed by atoms with E-state index < -0.39 is 5.97 Å². The van der Waals surface area contributed by atoms with Crippen LogP contribution in [0.2, 0.25) is 0 Å². The molecule has 3 heterocycles. The maximum absolute atomic E-state index is 12.8. The van der Waals surface area contributed by atoms with Crippen LogP contribution in [0.5, 0.6) is 0 Å². The second kappa shape index (κ2) is 8.23. The van der Waals surface area contributed by atoms with Crippen LogP contribution in [0.25, 0.3) is 17.0 Å². The Morgan fingerprint density at radius 1 is 1.23 bits per heavy atom. The number of nitrogens with zero attached hydrogens (tertiary/aromatic N) is 3. The first kappa shape index (κ1) is 20.0. The standard InChI is InChI=1S/C22H21N3O4S/c1-3-23-22-25(4-2)20(26)19(30-22)11-14-12-24(17-8-6-5-7-16(14)17)13-15-9-10-18(29-15)21(27)28/h5-12H,3-4,13H2,1-2H3,(H,27,28). The number of hydrogen-bond acceptors (Lipinski definition) is 5. The molecule has 1 fully saturated rings.